The fraction of sp³-hybridized carbons (Fsp3) is 0.250. The van der Waals surface area contributed by atoms with Crippen molar-refractivity contribution >= 4 is 27.3 Å². The highest BCUT2D eigenvalue weighted by atomic mass is 79.9. The highest BCUT2D eigenvalue weighted by Crippen LogP contribution is 2.30. The van der Waals surface area contributed by atoms with Gasteiger partial charge in [-0.2, -0.15) is 0 Å². The van der Waals surface area contributed by atoms with Gasteiger partial charge in [0.2, 0.25) is 0 Å². The molecule has 0 saturated carbocycles. The molecule has 19 heavy (non-hydrogen) atoms. The van der Waals surface area contributed by atoms with Crippen LogP contribution in [0.3, 0.4) is 0 Å². The summed E-state index contributed by atoms with van der Waals surface area (Å²) in [6.07, 6.45) is 2.37. The largest absolute Gasteiger partial charge is 0.399 e. The number of rotatable bonds is 2. The molecule has 0 bridgehead atoms. The molecule has 0 amide bonds. The number of hydrogen-bond acceptors (Lipinski definition) is 2. The van der Waals surface area contributed by atoms with Crippen LogP contribution in [0.1, 0.15) is 17.5 Å². The van der Waals surface area contributed by atoms with E-state index < -0.39 is 0 Å². The second-order valence-corrected chi connectivity index (χ2v) is 5.96. The lowest BCUT2D eigenvalue weighted by molar-refractivity contribution is 0.691. The number of halogens is 1. The molecule has 1 heterocycles. The number of hydrogen-bond donors (Lipinski definition) is 1. The van der Waals surface area contributed by atoms with Crippen molar-refractivity contribution in [1.82, 2.24) is 0 Å². The van der Waals surface area contributed by atoms with Gasteiger partial charge in [-0.1, -0.05) is 34.1 Å². The molecule has 0 atom stereocenters. The van der Waals surface area contributed by atoms with Crippen LogP contribution in [0.5, 0.6) is 0 Å². The molecule has 0 radical (unpaired) electrons. The monoisotopic (exact) mass is 316 g/mol. The zero-order valence-electron chi connectivity index (χ0n) is 10.8. The predicted molar refractivity (Wildman–Crippen MR) is 84.4 cm³/mol. The van der Waals surface area contributed by atoms with Gasteiger partial charge in [-0.3, -0.25) is 0 Å². The van der Waals surface area contributed by atoms with E-state index in [0.717, 1.165) is 29.7 Å². The van der Waals surface area contributed by atoms with E-state index in [1.54, 1.807) is 0 Å². The van der Waals surface area contributed by atoms with Gasteiger partial charge in [0.05, 0.1) is 0 Å². The highest BCUT2D eigenvalue weighted by molar-refractivity contribution is 9.10. The first-order chi connectivity index (χ1) is 9.22. The minimum atomic E-state index is 0.849. The third-order valence-corrected chi connectivity index (χ3v) is 4.14. The lowest BCUT2D eigenvalue weighted by atomic mass is 10.0. The summed E-state index contributed by atoms with van der Waals surface area (Å²) in [6, 6.07) is 14.8. The molecule has 2 aromatic rings. The van der Waals surface area contributed by atoms with E-state index in [1.807, 2.05) is 6.07 Å². The molecule has 3 rings (SSSR count). The van der Waals surface area contributed by atoms with Crippen LogP contribution in [0.25, 0.3) is 0 Å². The fourth-order valence-corrected chi connectivity index (χ4v) is 2.91. The summed E-state index contributed by atoms with van der Waals surface area (Å²) in [6.45, 7) is 2.05. The maximum atomic E-state index is 5.92. The van der Waals surface area contributed by atoms with Crippen molar-refractivity contribution in [3.05, 3.63) is 58.1 Å². The minimum absolute atomic E-state index is 0.849. The fourth-order valence-electron chi connectivity index (χ4n) is 2.64. The van der Waals surface area contributed by atoms with Crippen LogP contribution in [-0.2, 0) is 13.0 Å². The maximum absolute atomic E-state index is 5.92. The zero-order chi connectivity index (χ0) is 13.2. The molecule has 2 N–H and O–H groups in total. The van der Waals surface area contributed by atoms with E-state index >= 15 is 0 Å². The summed E-state index contributed by atoms with van der Waals surface area (Å²) in [5.74, 6) is 0. The van der Waals surface area contributed by atoms with Crippen LogP contribution in [0.2, 0.25) is 0 Å². The Bertz CT molecular complexity index is 578. The molecular formula is C16H17BrN2. The van der Waals surface area contributed by atoms with Crippen molar-refractivity contribution < 1.29 is 0 Å². The molecule has 2 aromatic carbocycles. The van der Waals surface area contributed by atoms with Gasteiger partial charge >= 0.3 is 0 Å². The third kappa shape index (κ3) is 2.76. The normalized spacial score (nSPS) is 14.3. The molecule has 2 nitrogen and oxygen atoms in total. The van der Waals surface area contributed by atoms with Gasteiger partial charge in [0, 0.05) is 28.9 Å². The molecule has 1 aliphatic rings. The van der Waals surface area contributed by atoms with E-state index in [4.69, 9.17) is 5.73 Å². The van der Waals surface area contributed by atoms with Gasteiger partial charge in [0.25, 0.3) is 0 Å². The summed E-state index contributed by atoms with van der Waals surface area (Å²) in [5.41, 5.74) is 10.8. The first-order valence-electron chi connectivity index (χ1n) is 6.60. The van der Waals surface area contributed by atoms with Crippen molar-refractivity contribution in [2.24, 2.45) is 0 Å². The molecule has 0 aliphatic carbocycles. The number of nitrogens with zero attached hydrogens (tertiary/aromatic N) is 1. The summed E-state index contributed by atoms with van der Waals surface area (Å²) in [4.78, 5) is 2.43. The summed E-state index contributed by atoms with van der Waals surface area (Å²) in [5, 5.41) is 0. The topological polar surface area (TPSA) is 29.3 Å². The minimum Gasteiger partial charge on any atom is -0.399 e. The Kier molecular flexibility index (Phi) is 3.47. The molecule has 98 valence electrons. The van der Waals surface area contributed by atoms with Crippen LogP contribution < -0.4 is 10.6 Å². The summed E-state index contributed by atoms with van der Waals surface area (Å²) in [7, 11) is 0. The van der Waals surface area contributed by atoms with Crippen molar-refractivity contribution in [3.8, 4) is 0 Å². The molecule has 3 heteroatoms. The van der Waals surface area contributed by atoms with Crippen LogP contribution in [0.4, 0.5) is 11.4 Å². The average molecular weight is 317 g/mol. The standard InChI is InChI=1S/C16H17BrN2/c17-14-6-3-12(4-7-14)11-19-9-1-2-13-5-8-15(18)10-16(13)19/h3-8,10H,1-2,9,11,18H2. The smallest absolute Gasteiger partial charge is 0.0429 e. The van der Waals surface area contributed by atoms with Gasteiger partial charge in [-0.25, -0.2) is 0 Å². The van der Waals surface area contributed by atoms with Gasteiger partial charge in [0.15, 0.2) is 0 Å². The van der Waals surface area contributed by atoms with Crippen molar-refractivity contribution in [2.45, 2.75) is 19.4 Å². The van der Waals surface area contributed by atoms with E-state index in [1.165, 1.54) is 23.2 Å². The van der Waals surface area contributed by atoms with E-state index in [2.05, 4.69) is 57.2 Å². The van der Waals surface area contributed by atoms with Crippen LogP contribution in [0.15, 0.2) is 46.9 Å². The number of benzene rings is 2. The lowest BCUT2D eigenvalue weighted by Crippen LogP contribution is -2.28. The molecule has 0 spiro atoms. The predicted octanol–water partition coefficient (Wildman–Crippen LogP) is 3.98. The summed E-state index contributed by atoms with van der Waals surface area (Å²) >= 11 is 3.48. The number of nitrogen functional groups attached to an aromatic ring is 1. The molecule has 0 unspecified atom stereocenters. The molecule has 0 aromatic heterocycles. The second-order valence-electron chi connectivity index (χ2n) is 5.04. The second kappa shape index (κ2) is 5.25. The SMILES string of the molecule is Nc1ccc2c(c1)N(Cc1ccc(Br)cc1)CCC2. The number of aryl methyl sites for hydroxylation is 1. The zero-order valence-corrected chi connectivity index (χ0v) is 12.4. The number of fused-ring (bicyclic) bond motifs is 1. The first kappa shape index (κ1) is 12.5. The van der Waals surface area contributed by atoms with E-state index in [9.17, 15) is 0 Å². The average Bonchev–Trinajstić information content (AvgIpc) is 2.42. The Morgan fingerprint density at radius 1 is 1.11 bits per heavy atom. The Hall–Kier alpha value is -1.48. The third-order valence-electron chi connectivity index (χ3n) is 3.61. The van der Waals surface area contributed by atoms with Gasteiger partial charge in [0.1, 0.15) is 0 Å². The molecule has 1 aliphatic heterocycles. The van der Waals surface area contributed by atoms with Crippen LogP contribution >= 0.6 is 15.9 Å². The molecular weight excluding hydrogens is 300 g/mol. The Labute approximate surface area is 122 Å². The van der Waals surface area contributed by atoms with Gasteiger partial charge in [-0.05, 0) is 48.2 Å². The Morgan fingerprint density at radius 3 is 2.68 bits per heavy atom. The van der Waals surface area contributed by atoms with Crippen molar-refractivity contribution in [3.63, 3.8) is 0 Å². The Balaban J connectivity index is 1.87. The lowest BCUT2D eigenvalue weighted by Gasteiger charge is -2.31. The molecule has 0 saturated heterocycles. The first-order valence-corrected chi connectivity index (χ1v) is 7.39. The number of anilines is 2. The van der Waals surface area contributed by atoms with Crippen molar-refractivity contribution in [1.29, 1.82) is 0 Å². The van der Waals surface area contributed by atoms with Crippen molar-refractivity contribution in [2.75, 3.05) is 17.2 Å². The van der Waals surface area contributed by atoms with Crippen LogP contribution in [0, 0.1) is 0 Å². The quantitative estimate of drug-likeness (QED) is 0.849. The van der Waals surface area contributed by atoms with Crippen LogP contribution in [-0.4, -0.2) is 6.54 Å². The van der Waals surface area contributed by atoms with E-state index in [0.29, 0.717) is 0 Å². The number of nitrogens with two attached hydrogens (primary N) is 1. The van der Waals surface area contributed by atoms with Gasteiger partial charge in [-0.15, -0.1) is 0 Å². The summed E-state index contributed by atoms with van der Waals surface area (Å²) < 4.78 is 1.12. The molecule has 0 fully saturated rings. The maximum Gasteiger partial charge on any atom is 0.0429 e. The van der Waals surface area contributed by atoms with E-state index in [-0.39, 0.29) is 0 Å². The highest BCUT2D eigenvalue weighted by Gasteiger charge is 2.16. The van der Waals surface area contributed by atoms with Gasteiger partial charge < -0.3 is 10.6 Å². The Morgan fingerprint density at radius 2 is 1.89 bits per heavy atom.